The molecule has 1 aliphatic rings. The Morgan fingerprint density at radius 2 is 2.24 bits per heavy atom. The van der Waals surface area contributed by atoms with E-state index in [2.05, 4.69) is 4.98 Å². The van der Waals surface area contributed by atoms with Crippen LogP contribution in [0.5, 0.6) is 5.75 Å². The van der Waals surface area contributed by atoms with E-state index in [0.29, 0.717) is 6.61 Å². The molecule has 116 valence electrons. The third kappa shape index (κ3) is 4.34. The van der Waals surface area contributed by atoms with Crippen molar-refractivity contribution < 1.29 is 14.3 Å². The molecule has 5 nitrogen and oxygen atoms in total. The molecule has 0 radical (unpaired) electrons. The lowest BCUT2D eigenvalue weighted by Crippen LogP contribution is -2.42. The minimum Gasteiger partial charge on any atom is -0.490 e. The van der Waals surface area contributed by atoms with Crippen LogP contribution in [-0.2, 0) is 4.74 Å². The predicted octanol–water partition coefficient (Wildman–Crippen LogP) is 3.17. The van der Waals surface area contributed by atoms with Crippen molar-refractivity contribution in [3.8, 4) is 5.75 Å². The topological polar surface area (TPSA) is 51.7 Å². The number of hydrogen-bond donors (Lipinski definition) is 0. The Kier molecular flexibility index (Phi) is 4.70. The molecule has 1 unspecified atom stereocenters. The van der Waals surface area contributed by atoms with Crippen LogP contribution < -0.4 is 4.74 Å². The fourth-order valence-corrected chi connectivity index (χ4v) is 2.38. The van der Waals surface area contributed by atoms with Crippen LogP contribution in [0.3, 0.4) is 0 Å². The summed E-state index contributed by atoms with van der Waals surface area (Å²) in [5, 5.41) is 0. The summed E-state index contributed by atoms with van der Waals surface area (Å²) in [7, 11) is 0. The highest BCUT2D eigenvalue weighted by molar-refractivity contribution is 5.69. The number of amides is 1. The van der Waals surface area contributed by atoms with Crippen LogP contribution in [0.4, 0.5) is 4.79 Å². The fourth-order valence-electron chi connectivity index (χ4n) is 2.38. The molecule has 1 fully saturated rings. The Balaban J connectivity index is 1.93. The summed E-state index contributed by atoms with van der Waals surface area (Å²) in [5.41, 5.74) is 0.393. The van der Waals surface area contributed by atoms with Crippen molar-refractivity contribution in [1.29, 1.82) is 0 Å². The number of likely N-dealkylation sites (tertiary alicyclic amines) is 1. The molecule has 0 aromatic carbocycles. The van der Waals surface area contributed by atoms with Gasteiger partial charge in [-0.25, -0.2) is 4.79 Å². The Morgan fingerprint density at radius 3 is 2.90 bits per heavy atom. The van der Waals surface area contributed by atoms with Crippen LogP contribution in [0.15, 0.2) is 18.3 Å². The normalized spacial score (nSPS) is 18.7. The van der Waals surface area contributed by atoms with Gasteiger partial charge in [0.2, 0.25) is 0 Å². The fraction of sp³-hybridized carbons (Fsp3) is 0.625. The molecular weight excluding hydrogens is 268 g/mol. The molecule has 0 bridgehead atoms. The first kappa shape index (κ1) is 15.6. The van der Waals surface area contributed by atoms with Crippen molar-refractivity contribution >= 4 is 6.09 Å². The maximum atomic E-state index is 12.2. The summed E-state index contributed by atoms with van der Waals surface area (Å²) < 4.78 is 11.3. The van der Waals surface area contributed by atoms with Gasteiger partial charge in [-0.05, 0) is 52.7 Å². The van der Waals surface area contributed by atoms with Gasteiger partial charge in [-0.1, -0.05) is 0 Å². The standard InChI is InChI=1S/C16H24N2O3/c1-12-14(8-5-9-17-12)20-11-13-7-6-10-18(13)15(19)21-16(2,3)4/h5,8-9,13H,6-7,10-11H2,1-4H3. The number of aryl methyl sites for hydroxylation is 1. The van der Waals surface area contributed by atoms with Gasteiger partial charge in [0.25, 0.3) is 0 Å². The number of aromatic nitrogens is 1. The van der Waals surface area contributed by atoms with Gasteiger partial charge in [0.15, 0.2) is 0 Å². The molecule has 1 aliphatic heterocycles. The summed E-state index contributed by atoms with van der Waals surface area (Å²) >= 11 is 0. The highest BCUT2D eigenvalue weighted by Gasteiger charge is 2.32. The highest BCUT2D eigenvalue weighted by Crippen LogP contribution is 2.22. The van der Waals surface area contributed by atoms with Crippen molar-refractivity contribution in [2.45, 2.75) is 52.2 Å². The largest absolute Gasteiger partial charge is 0.490 e. The number of rotatable bonds is 3. The number of carbonyl (C=O) groups excluding carboxylic acids is 1. The van der Waals surface area contributed by atoms with E-state index in [-0.39, 0.29) is 12.1 Å². The van der Waals surface area contributed by atoms with E-state index in [1.165, 1.54) is 0 Å². The third-order valence-electron chi connectivity index (χ3n) is 3.39. The zero-order valence-electron chi connectivity index (χ0n) is 13.3. The molecule has 5 heteroatoms. The van der Waals surface area contributed by atoms with Crippen LogP contribution in [0.2, 0.25) is 0 Å². The Bertz CT molecular complexity index is 497. The summed E-state index contributed by atoms with van der Waals surface area (Å²) in [6, 6.07) is 3.82. The minimum absolute atomic E-state index is 0.0689. The van der Waals surface area contributed by atoms with E-state index in [1.54, 1.807) is 11.1 Å². The summed E-state index contributed by atoms with van der Waals surface area (Å²) in [6.45, 7) is 8.76. The summed E-state index contributed by atoms with van der Waals surface area (Å²) in [5.74, 6) is 0.772. The van der Waals surface area contributed by atoms with Crippen molar-refractivity contribution in [2.24, 2.45) is 0 Å². The number of pyridine rings is 1. The smallest absolute Gasteiger partial charge is 0.410 e. The number of ether oxygens (including phenoxy) is 2. The second kappa shape index (κ2) is 6.33. The SMILES string of the molecule is Cc1ncccc1OCC1CCCN1C(=O)OC(C)(C)C. The van der Waals surface area contributed by atoms with Gasteiger partial charge in [0.1, 0.15) is 18.0 Å². The molecule has 1 amide bonds. The minimum atomic E-state index is -0.467. The maximum absolute atomic E-state index is 12.2. The van der Waals surface area contributed by atoms with Crippen LogP contribution in [0.1, 0.15) is 39.3 Å². The third-order valence-corrected chi connectivity index (χ3v) is 3.39. The average Bonchev–Trinajstić information content (AvgIpc) is 2.84. The van der Waals surface area contributed by atoms with Gasteiger partial charge in [-0.15, -0.1) is 0 Å². The molecule has 0 aliphatic carbocycles. The van der Waals surface area contributed by atoms with E-state index in [1.807, 2.05) is 39.8 Å². The van der Waals surface area contributed by atoms with Gasteiger partial charge in [-0.3, -0.25) is 4.98 Å². The Labute approximate surface area is 126 Å². The van der Waals surface area contributed by atoms with Gasteiger partial charge in [0, 0.05) is 12.7 Å². The molecule has 0 saturated carbocycles. The lowest BCUT2D eigenvalue weighted by Gasteiger charge is -2.28. The van der Waals surface area contributed by atoms with E-state index in [0.717, 1.165) is 30.8 Å². The number of hydrogen-bond acceptors (Lipinski definition) is 4. The van der Waals surface area contributed by atoms with E-state index >= 15 is 0 Å². The van der Waals surface area contributed by atoms with Gasteiger partial charge < -0.3 is 14.4 Å². The van der Waals surface area contributed by atoms with Gasteiger partial charge in [0.05, 0.1) is 11.7 Å². The molecule has 0 N–H and O–H groups in total. The van der Waals surface area contributed by atoms with Crippen molar-refractivity contribution in [1.82, 2.24) is 9.88 Å². The Morgan fingerprint density at radius 1 is 1.48 bits per heavy atom. The predicted molar refractivity (Wildman–Crippen MR) is 80.4 cm³/mol. The molecule has 2 rings (SSSR count). The number of carbonyl (C=O) groups is 1. The van der Waals surface area contributed by atoms with Crippen molar-refractivity contribution in [3.05, 3.63) is 24.0 Å². The molecule has 21 heavy (non-hydrogen) atoms. The van der Waals surface area contributed by atoms with Gasteiger partial charge in [-0.2, -0.15) is 0 Å². The lowest BCUT2D eigenvalue weighted by molar-refractivity contribution is 0.0187. The van der Waals surface area contributed by atoms with Crippen LogP contribution >= 0.6 is 0 Å². The zero-order valence-corrected chi connectivity index (χ0v) is 13.3. The second-order valence-corrected chi connectivity index (χ2v) is 6.37. The molecule has 1 atom stereocenters. The second-order valence-electron chi connectivity index (χ2n) is 6.37. The molecule has 1 saturated heterocycles. The molecule has 2 heterocycles. The summed E-state index contributed by atoms with van der Waals surface area (Å²) in [4.78, 5) is 18.2. The van der Waals surface area contributed by atoms with Crippen LogP contribution in [0.25, 0.3) is 0 Å². The van der Waals surface area contributed by atoms with Crippen molar-refractivity contribution in [3.63, 3.8) is 0 Å². The highest BCUT2D eigenvalue weighted by atomic mass is 16.6. The van der Waals surface area contributed by atoms with Crippen molar-refractivity contribution in [2.75, 3.05) is 13.2 Å². The van der Waals surface area contributed by atoms with E-state index in [4.69, 9.17) is 9.47 Å². The van der Waals surface area contributed by atoms with Gasteiger partial charge >= 0.3 is 6.09 Å². The van der Waals surface area contributed by atoms with E-state index < -0.39 is 5.60 Å². The molecular formula is C16H24N2O3. The molecule has 0 spiro atoms. The van der Waals surface area contributed by atoms with E-state index in [9.17, 15) is 4.79 Å². The first-order valence-electron chi connectivity index (χ1n) is 7.41. The Hall–Kier alpha value is -1.78. The molecule has 1 aromatic heterocycles. The summed E-state index contributed by atoms with van der Waals surface area (Å²) in [6.07, 6.45) is 3.42. The maximum Gasteiger partial charge on any atom is 0.410 e. The first-order valence-corrected chi connectivity index (χ1v) is 7.41. The monoisotopic (exact) mass is 292 g/mol. The van der Waals surface area contributed by atoms with Crippen LogP contribution in [-0.4, -0.2) is 40.8 Å². The zero-order chi connectivity index (χ0) is 15.5. The van der Waals surface area contributed by atoms with Crippen LogP contribution in [0, 0.1) is 6.92 Å². The average molecular weight is 292 g/mol. The molecule has 1 aromatic rings. The lowest BCUT2D eigenvalue weighted by atomic mass is 10.2. The quantitative estimate of drug-likeness (QED) is 0.858. The number of nitrogens with zero attached hydrogens (tertiary/aromatic N) is 2. The first-order chi connectivity index (χ1) is 9.87.